The lowest BCUT2D eigenvalue weighted by Gasteiger charge is -2.29. The maximum Gasteiger partial charge on any atom is 0.335 e. The van der Waals surface area contributed by atoms with Gasteiger partial charge in [0.1, 0.15) is 17.9 Å². The summed E-state index contributed by atoms with van der Waals surface area (Å²) in [5.41, 5.74) is 1.11. The quantitative estimate of drug-likeness (QED) is 0.207. The van der Waals surface area contributed by atoms with Gasteiger partial charge in [-0.3, -0.25) is 19.8 Å². The van der Waals surface area contributed by atoms with Crippen LogP contribution in [-0.4, -0.2) is 28.0 Å². The number of carboxylic acids is 1. The zero-order chi connectivity index (χ0) is 26.0. The molecule has 4 rings (SSSR count). The highest BCUT2D eigenvalue weighted by Gasteiger charge is 2.35. The third-order valence-electron chi connectivity index (χ3n) is 5.12. The lowest BCUT2D eigenvalue weighted by Crippen LogP contribution is -2.54. The highest BCUT2D eigenvalue weighted by atomic mass is 79.9. The van der Waals surface area contributed by atoms with E-state index in [0.29, 0.717) is 31.4 Å². The number of nitrogens with one attached hydrogen (secondary N) is 1. The molecule has 0 atom stereocenters. The number of anilines is 1. The summed E-state index contributed by atoms with van der Waals surface area (Å²) in [5.74, 6) is -2.17. The third-order valence-corrected chi connectivity index (χ3v) is 6.49. The lowest BCUT2D eigenvalue weighted by molar-refractivity contribution is -0.122. The van der Waals surface area contributed by atoms with E-state index in [9.17, 15) is 19.5 Å². The topological polar surface area (TPSA) is 95.9 Å². The minimum absolute atomic E-state index is 0.0333. The summed E-state index contributed by atoms with van der Waals surface area (Å²) in [7, 11) is 0. The van der Waals surface area contributed by atoms with Gasteiger partial charge in [0, 0.05) is 25.6 Å². The minimum Gasteiger partial charge on any atom is -0.488 e. The lowest BCUT2D eigenvalue weighted by atomic mass is 10.1. The molecule has 1 heterocycles. The van der Waals surface area contributed by atoms with Crippen molar-refractivity contribution >= 4 is 86.0 Å². The van der Waals surface area contributed by atoms with Crippen molar-refractivity contribution in [2.24, 2.45) is 0 Å². The fraction of sp³-hybridized carbons (Fsp3) is 0.0400. The fourth-order valence-electron chi connectivity index (χ4n) is 3.38. The van der Waals surface area contributed by atoms with Crippen LogP contribution in [0.3, 0.4) is 0 Å². The molecule has 3 aromatic rings. The normalized spacial score (nSPS) is 14.7. The van der Waals surface area contributed by atoms with Gasteiger partial charge in [0.05, 0.1) is 11.3 Å². The molecular weight excluding hydrogens is 591 g/mol. The molecule has 1 aliphatic rings. The SMILES string of the molecule is O=C1NC(=S)N(c2cccc(C(=O)O)c2)C(=O)C1=Cc1cc(Br)ccc1OCc1ccc(Cl)cc1Cl. The van der Waals surface area contributed by atoms with Crippen LogP contribution in [0, 0.1) is 0 Å². The first-order valence-corrected chi connectivity index (χ1v) is 12.2. The number of rotatable bonds is 6. The number of ether oxygens (including phenoxy) is 1. The average Bonchev–Trinajstić information content (AvgIpc) is 2.82. The zero-order valence-electron chi connectivity index (χ0n) is 18.1. The van der Waals surface area contributed by atoms with Gasteiger partial charge in [-0.15, -0.1) is 0 Å². The first kappa shape index (κ1) is 25.8. The predicted molar refractivity (Wildman–Crippen MR) is 145 cm³/mol. The standard InChI is InChI=1S/C25H15BrCl2N2O5S/c26-16-5-7-21(35-12-14-4-6-17(27)11-20(14)28)15(8-16)10-19-22(31)29-25(36)30(23(19)32)18-3-1-2-13(9-18)24(33)34/h1-11H,12H2,(H,33,34)(H,29,31,36). The van der Waals surface area contributed by atoms with Crippen LogP contribution in [0.4, 0.5) is 5.69 Å². The number of nitrogens with zero attached hydrogens (tertiary/aromatic N) is 1. The Hall–Kier alpha value is -3.24. The molecule has 0 saturated carbocycles. The molecule has 0 unspecified atom stereocenters. The summed E-state index contributed by atoms with van der Waals surface area (Å²) >= 11 is 20.8. The minimum atomic E-state index is -1.16. The van der Waals surface area contributed by atoms with Gasteiger partial charge < -0.3 is 9.84 Å². The number of carbonyl (C=O) groups is 3. The van der Waals surface area contributed by atoms with Crippen molar-refractivity contribution < 1.29 is 24.2 Å². The number of benzene rings is 3. The van der Waals surface area contributed by atoms with E-state index in [2.05, 4.69) is 21.2 Å². The molecule has 0 aliphatic carbocycles. The molecule has 2 amide bonds. The Labute approximate surface area is 229 Å². The van der Waals surface area contributed by atoms with Crippen LogP contribution in [0.1, 0.15) is 21.5 Å². The van der Waals surface area contributed by atoms with Gasteiger partial charge in [-0.05, 0) is 66.8 Å². The first-order valence-electron chi connectivity index (χ1n) is 10.2. The molecule has 1 fully saturated rings. The van der Waals surface area contributed by atoms with Crippen molar-refractivity contribution in [2.45, 2.75) is 6.61 Å². The van der Waals surface area contributed by atoms with E-state index >= 15 is 0 Å². The number of hydrogen-bond donors (Lipinski definition) is 2. The van der Waals surface area contributed by atoms with Crippen molar-refractivity contribution in [1.29, 1.82) is 0 Å². The van der Waals surface area contributed by atoms with Crippen molar-refractivity contribution in [3.05, 3.63) is 97.4 Å². The number of hydrogen-bond acceptors (Lipinski definition) is 5. The molecule has 1 aliphatic heterocycles. The molecule has 2 N–H and O–H groups in total. The van der Waals surface area contributed by atoms with Crippen molar-refractivity contribution in [3.8, 4) is 5.75 Å². The number of thiocarbonyl (C=S) groups is 1. The number of halogens is 3. The second kappa shape index (κ2) is 10.8. The number of carboxylic acid groups (broad SMARTS) is 1. The number of carbonyl (C=O) groups excluding carboxylic acids is 2. The summed E-state index contributed by atoms with van der Waals surface area (Å²) in [6.45, 7) is 0.117. The second-order valence-electron chi connectivity index (χ2n) is 7.52. The molecule has 7 nitrogen and oxygen atoms in total. The van der Waals surface area contributed by atoms with Gasteiger partial charge in [0.2, 0.25) is 0 Å². The molecule has 3 aromatic carbocycles. The maximum absolute atomic E-state index is 13.4. The van der Waals surface area contributed by atoms with Gasteiger partial charge in [-0.1, -0.05) is 51.3 Å². The highest BCUT2D eigenvalue weighted by molar-refractivity contribution is 9.10. The Morgan fingerprint density at radius 1 is 1.11 bits per heavy atom. The van der Waals surface area contributed by atoms with E-state index in [1.165, 1.54) is 30.3 Å². The van der Waals surface area contributed by atoms with E-state index in [0.717, 1.165) is 4.90 Å². The molecule has 1 saturated heterocycles. The fourth-order valence-corrected chi connectivity index (χ4v) is 4.51. The van der Waals surface area contributed by atoms with Crippen LogP contribution in [0.2, 0.25) is 10.0 Å². The van der Waals surface area contributed by atoms with Crippen LogP contribution in [0.15, 0.2) is 70.7 Å². The highest BCUT2D eigenvalue weighted by Crippen LogP contribution is 2.30. The van der Waals surface area contributed by atoms with Crippen molar-refractivity contribution in [1.82, 2.24) is 5.32 Å². The third kappa shape index (κ3) is 5.60. The van der Waals surface area contributed by atoms with Crippen LogP contribution >= 0.6 is 51.3 Å². The molecule has 0 spiro atoms. The molecule has 0 bridgehead atoms. The zero-order valence-corrected chi connectivity index (χ0v) is 22.0. The first-order chi connectivity index (χ1) is 17.1. The number of amides is 2. The van der Waals surface area contributed by atoms with Gasteiger partial charge >= 0.3 is 5.97 Å². The van der Waals surface area contributed by atoms with E-state index in [1.54, 1.807) is 36.4 Å². The van der Waals surface area contributed by atoms with Crippen LogP contribution in [0.5, 0.6) is 5.75 Å². The Balaban J connectivity index is 1.68. The summed E-state index contributed by atoms with van der Waals surface area (Å²) in [6.07, 6.45) is 1.39. The van der Waals surface area contributed by atoms with Crippen LogP contribution in [0.25, 0.3) is 6.08 Å². The Bertz CT molecular complexity index is 1460. The monoisotopic (exact) mass is 604 g/mol. The summed E-state index contributed by atoms with van der Waals surface area (Å²) < 4.78 is 6.64. The Morgan fingerprint density at radius 2 is 1.89 bits per heavy atom. The van der Waals surface area contributed by atoms with E-state index in [4.69, 9.17) is 40.2 Å². The average molecular weight is 606 g/mol. The molecule has 0 radical (unpaired) electrons. The van der Waals surface area contributed by atoms with Crippen LogP contribution < -0.4 is 15.0 Å². The molecular formula is C25H15BrCl2N2O5S. The Morgan fingerprint density at radius 3 is 2.61 bits per heavy atom. The van der Waals surface area contributed by atoms with Crippen molar-refractivity contribution in [2.75, 3.05) is 4.90 Å². The molecule has 11 heteroatoms. The Kier molecular flexibility index (Phi) is 7.75. The van der Waals surface area contributed by atoms with E-state index in [1.807, 2.05) is 0 Å². The summed E-state index contributed by atoms with van der Waals surface area (Å²) in [6, 6.07) is 15.9. The number of aromatic carboxylic acids is 1. The van der Waals surface area contributed by atoms with E-state index in [-0.39, 0.29) is 28.5 Å². The second-order valence-corrected chi connectivity index (χ2v) is 9.67. The van der Waals surface area contributed by atoms with Gasteiger partial charge in [0.15, 0.2) is 5.11 Å². The largest absolute Gasteiger partial charge is 0.488 e. The smallest absolute Gasteiger partial charge is 0.335 e. The molecule has 36 heavy (non-hydrogen) atoms. The summed E-state index contributed by atoms with van der Waals surface area (Å²) in [4.78, 5) is 38.5. The van der Waals surface area contributed by atoms with Gasteiger partial charge in [-0.25, -0.2) is 4.79 Å². The van der Waals surface area contributed by atoms with Crippen LogP contribution in [-0.2, 0) is 16.2 Å². The molecule has 0 aromatic heterocycles. The van der Waals surface area contributed by atoms with E-state index < -0.39 is 17.8 Å². The maximum atomic E-state index is 13.4. The van der Waals surface area contributed by atoms with Gasteiger partial charge in [-0.2, -0.15) is 0 Å². The predicted octanol–water partition coefficient (Wildman–Crippen LogP) is 5.86. The summed E-state index contributed by atoms with van der Waals surface area (Å²) in [5, 5.41) is 12.6. The molecule has 182 valence electrons. The van der Waals surface area contributed by atoms with Crippen molar-refractivity contribution in [3.63, 3.8) is 0 Å². The van der Waals surface area contributed by atoms with Gasteiger partial charge in [0.25, 0.3) is 11.8 Å².